The molecule has 146 valence electrons. The van der Waals surface area contributed by atoms with Gasteiger partial charge in [-0.1, -0.05) is 0 Å². The van der Waals surface area contributed by atoms with Gasteiger partial charge in [0.2, 0.25) is 5.75 Å². The van der Waals surface area contributed by atoms with Crippen molar-refractivity contribution in [1.29, 1.82) is 0 Å². The summed E-state index contributed by atoms with van der Waals surface area (Å²) < 4.78 is 21.2. The number of nitrogens with one attached hydrogen (secondary N) is 1. The van der Waals surface area contributed by atoms with Crippen LogP contribution >= 0.6 is 0 Å². The SMILES string of the molecule is COc1ccc(-c2n[nH]nc2-c2cc(OC)c(OC)c(OC)c2)cc1C(=O)[O-].[Na+]. The minimum atomic E-state index is -1.35. The van der Waals surface area contributed by atoms with E-state index in [1.54, 1.807) is 18.2 Å². The predicted molar refractivity (Wildman–Crippen MR) is 97.8 cm³/mol. The zero-order valence-electron chi connectivity index (χ0n) is 16.7. The Labute approximate surface area is 189 Å². The van der Waals surface area contributed by atoms with Crippen molar-refractivity contribution in [2.45, 2.75) is 0 Å². The number of carboxylic acid groups (broad SMARTS) is 1. The molecule has 0 aliphatic heterocycles. The number of methoxy groups -OCH3 is 4. The molecular weight excluding hydrogens is 389 g/mol. The normalized spacial score (nSPS) is 10.1. The molecule has 1 heterocycles. The summed E-state index contributed by atoms with van der Waals surface area (Å²) in [6, 6.07) is 8.10. The maximum Gasteiger partial charge on any atom is 1.00 e. The smallest absolute Gasteiger partial charge is 0.545 e. The molecule has 0 aliphatic rings. The number of benzene rings is 2. The molecule has 0 unspecified atom stereocenters. The topological polar surface area (TPSA) is 119 Å². The van der Waals surface area contributed by atoms with Gasteiger partial charge in [0.05, 0.1) is 34.4 Å². The van der Waals surface area contributed by atoms with Crippen LogP contribution in [-0.2, 0) is 0 Å². The number of carbonyl (C=O) groups excluding carboxylic acids is 1. The quantitative estimate of drug-likeness (QED) is 0.472. The van der Waals surface area contributed by atoms with E-state index in [0.29, 0.717) is 39.8 Å². The van der Waals surface area contributed by atoms with Crippen LogP contribution in [0.1, 0.15) is 10.4 Å². The zero-order valence-corrected chi connectivity index (χ0v) is 18.7. The van der Waals surface area contributed by atoms with Crippen LogP contribution in [0.3, 0.4) is 0 Å². The number of hydrogen-bond donors (Lipinski definition) is 1. The summed E-state index contributed by atoms with van der Waals surface area (Å²) in [4.78, 5) is 11.4. The maximum absolute atomic E-state index is 11.4. The fourth-order valence-corrected chi connectivity index (χ4v) is 2.87. The van der Waals surface area contributed by atoms with Gasteiger partial charge in [0.15, 0.2) is 11.5 Å². The molecule has 0 fully saturated rings. The van der Waals surface area contributed by atoms with Crippen molar-refractivity contribution in [3.63, 3.8) is 0 Å². The summed E-state index contributed by atoms with van der Waals surface area (Å²) in [6.45, 7) is 0. The van der Waals surface area contributed by atoms with Crippen molar-refractivity contribution in [2.24, 2.45) is 0 Å². The number of aromatic amines is 1. The Kier molecular flexibility index (Phi) is 7.49. The summed E-state index contributed by atoms with van der Waals surface area (Å²) >= 11 is 0. The molecule has 0 amide bonds. The van der Waals surface area contributed by atoms with E-state index in [1.807, 2.05) is 0 Å². The Morgan fingerprint density at radius 2 is 1.38 bits per heavy atom. The van der Waals surface area contributed by atoms with Gasteiger partial charge in [0.25, 0.3) is 0 Å². The van der Waals surface area contributed by atoms with Crippen molar-refractivity contribution in [3.05, 3.63) is 35.9 Å². The number of hydrogen-bond acceptors (Lipinski definition) is 8. The number of ether oxygens (including phenoxy) is 4. The van der Waals surface area contributed by atoms with Crippen LogP contribution in [0.15, 0.2) is 30.3 Å². The molecule has 29 heavy (non-hydrogen) atoms. The first-order valence-corrected chi connectivity index (χ1v) is 8.14. The van der Waals surface area contributed by atoms with E-state index in [9.17, 15) is 9.90 Å². The van der Waals surface area contributed by atoms with E-state index in [4.69, 9.17) is 18.9 Å². The van der Waals surface area contributed by atoms with Gasteiger partial charge in [-0.2, -0.15) is 15.4 Å². The van der Waals surface area contributed by atoms with Crippen LogP contribution in [0.2, 0.25) is 0 Å². The van der Waals surface area contributed by atoms with Gasteiger partial charge in [0, 0.05) is 16.7 Å². The van der Waals surface area contributed by atoms with Crippen LogP contribution in [-0.4, -0.2) is 49.8 Å². The van der Waals surface area contributed by atoms with E-state index in [2.05, 4.69) is 15.4 Å². The first-order valence-electron chi connectivity index (χ1n) is 8.14. The molecule has 0 bridgehead atoms. The molecule has 0 atom stereocenters. The van der Waals surface area contributed by atoms with Crippen LogP contribution in [0, 0.1) is 0 Å². The van der Waals surface area contributed by atoms with Gasteiger partial charge < -0.3 is 28.8 Å². The number of carboxylic acids is 1. The standard InChI is InChI=1S/C19H19N3O6.Na/c1-25-13-6-5-10(7-12(13)19(23)24)16-17(21-22-20-16)11-8-14(26-2)18(28-4)15(9-11)27-3;/h5-9H,1-4H3,(H,23,24)(H,20,21,22);/q;+1/p-1. The monoisotopic (exact) mass is 407 g/mol. The van der Waals surface area contributed by atoms with Crippen LogP contribution in [0.25, 0.3) is 22.5 Å². The van der Waals surface area contributed by atoms with Crippen molar-refractivity contribution >= 4 is 5.97 Å². The Balaban J connectivity index is 0.00000300. The number of aromatic carboxylic acids is 1. The Hall–Kier alpha value is -2.75. The molecule has 2 aromatic carbocycles. The summed E-state index contributed by atoms with van der Waals surface area (Å²) in [5, 5.41) is 22.4. The fraction of sp³-hybridized carbons (Fsp3) is 0.211. The van der Waals surface area contributed by atoms with Crippen LogP contribution < -0.4 is 53.6 Å². The largest absolute Gasteiger partial charge is 1.00 e. The molecule has 0 spiro atoms. The van der Waals surface area contributed by atoms with Gasteiger partial charge in [0.1, 0.15) is 17.1 Å². The zero-order chi connectivity index (χ0) is 20.3. The van der Waals surface area contributed by atoms with E-state index >= 15 is 0 Å². The molecule has 9 nitrogen and oxygen atoms in total. The van der Waals surface area contributed by atoms with Crippen molar-refractivity contribution in [2.75, 3.05) is 28.4 Å². The van der Waals surface area contributed by atoms with Gasteiger partial charge in [-0.15, -0.1) is 0 Å². The van der Waals surface area contributed by atoms with Gasteiger partial charge in [-0.3, -0.25) is 0 Å². The van der Waals surface area contributed by atoms with Crippen LogP contribution in [0.4, 0.5) is 0 Å². The predicted octanol–water partition coefficient (Wildman–Crippen LogP) is -1.46. The number of nitrogens with zero attached hydrogens (tertiary/aromatic N) is 2. The molecule has 0 saturated heterocycles. The summed E-state index contributed by atoms with van der Waals surface area (Å²) in [5.74, 6) is 0.201. The van der Waals surface area contributed by atoms with E-state index < -0.39 is 5.97 Å². The molecule has 3 rings (SSSR count). The second-order valence-electron chi connectivity index (χ2n) is 5.64. The number of aromatic nitrogens is 3. The minimum absolute atomic E-state index is 0. The Bertz CT molecular complexity index is 996. The Morgan fingerprint density at radius 1 is 0.828 bits per heavy atom. The van der Waals surface area contributed by atoms with E-state index in [0.717, 1.165) is 0 Å². The summed E-state index contributed by atoms with van der Waals surface area (Å²) in [7, 11) is 5.93. The average Bonchev–Trinajstić information content (AvgIpc) is 3.21. The van der Waals surface area contributed by atoms with E-state index in [-0.39, 0.29) is 40.9 Å². The fourth-order valence-electron chi connectivity index (χ4n) is 2.87. The van der Waals surface area contributed by atoms with Gasteiger partial charge >= 0.3 is 29.6 Å². The van der Waals surface area contributed by atoms with Crippen molar-refractivity contribution < 1.29 is 58.4 Å². The molecule has 1 aromatic heterocycles. The third-order valence-electron chi connectivity index (χ3n) is 4.18. The number of carbonyl (C=O) groups is 1. The molecule has 0 radical (unpaired) electrons. The average molecular weight is 407 g/mol. The van der Waals surface area contributed by atoms with Gasteiger partial charge in [-0.25, -0.2) is 0 Å². The van der Waals surface area contributed by atoms with Gasteiger partial charge in [-0.05, 0) is 30.3 Å². The third-order valence-corrected chi connectivity index (χ3v) is 4.18. The first kappa shape index (κ1) is 22.5. The summed E-state index contributed by atoms with van der Waals surface area (Å²) in [6.07, 6.45) is 0. The molecule has 1 N–H and O–H groups in total. The molecule has 0 aliphatic carbocycles. The minimum Gasteiger partial charge on any atom is -0.545 e. The maximum atomic E-state index is 11.4. The van der Waals surface area contributed by atoms with Crippen LogP contribution in [0.5, 0.6) is 23.0 Å². The molecule has 10 heteroatoms. The first-order chi connectivity index (χ1) is 13.5. The number of rotatable bonds is 7. The molecular formula is C19H18N3NaO6. The Morgan fingerprint density at radius 3 is 1.86 bits per heavy atom. The summed E-state index contributed by atoms with van der Waals surface area (Å²) in [5.41, 5.74) is 2.01. The van der Waals surface area contributed by atoms with Crippen molar-refractivity contribution in [3.8, 4) is 45.5 Å². The molecule has 0 saturated carbocycles. The third kappa shape index (κ3) is 4.31. The second kappa shape index (κ2) is 9.64. The molecule has 3 aromatic rings. The van der Waals surface area contributed by atoms with Crippen molar-refractivity contribution in [1.82, 2.24) is 15.4 Å². The number of H-pyrrole nitrogens is 1. The van der Waals surface area contributed by atoms with E-state index in [1.165, 1.54) is 40.6 Å². The second-order valence-corrected chi connectivity index (χ2v) is 5.64.